The largest absolute Gasteiger partial charge is 0.312 e. The first-order valence-electron chi connectivity index (χ1n) is 8.48. The molecule has 0 spiro atoms. The molecule has 0 aliphatic heterocycles. The SMILES string of the molecule is Cc1cccc(C2CC(NC[C@H](c3cnn(C)c3)N(C)C)C2)c1. The van der Waals surface area contributed by atoms with Gasteiger partial charge in [-0.15, -0.1) is 0 Å². The van der Waals surface area contributed by atoms with Gasteiger partial charge in [0.25, 0.3) is 0 Å². The zero-order valence-corrected chi connectivity index (χ0v) is 14.7. The van der Waals surface area contributed by atoms with Gasteiger partial charge in [-0.1, -0.05) is 29.8 Å². The minimum atomic E-state index is 0.377. The van der Waals surface area contributed by atoms with E-state index in [1.54, 1.807) is 0 Å². The molecule has 0 bridgehead atoms. The minimum absolute atomic E-state index is 0.377. The van der Waals surface area contributed by atoms with Crippen LogP contribution in [-0.4, -0.2) is 41.4 Å². The highest BCUT2D eigenvalue weighted by atomic mass is 15.2. The van der Waals surface area contributed by atoms with Gasteiger partial charge in [0.2, 0.25) is 0 Å². The van der Waals surface area contributed by atoms with Crippen molar-refractivity contribution in [3.63, 3.8) is 0 Å². The smallest absolute Gasteiger partial charge is 0.0538 e. The fourth-order valence-corrected chi connectivity index (χ4v) is 3.47. The molecule has 0 saturated heterocycles. The van der Waals surface area contributed by atoms with E-state index in [0.717, 1.165) is 12.5 Å². The van der Waals surface area contributed by atoms with Crippen LogP contribution in [-0.2, 0) is 7.05 Å². The van der Waals surface area contributed by atoms with E-state index in [4.69, 9.17) is 0 Å². The van der Waals surface area contributed by atoms with Crippen molar-refractivity contribution in [2.75, 3.05) is 20.6 Å². The van der Waals surface area contributed by atoms with E-state index in [1.807, 2.05) is 17.9 Å². The van der Waals surface area contributed by atoms with Crippen molar-refractivity contribution < 1.29 is 0 Å². The number of rotatable bonds is 6. The molecule has 1 aliphatic carbocycles. The number of benzene rings is 1. The summed E-state index contributed by atoms with van der Waals surface area (Å²) >= 11 is 0. The van der Waals surface area contributed by atoms with Crippen LogP contribution in [0.1, 0.15) is 41.5 Å². The normalized spacial score (nSPS) is 22.1. The maximum atomic E-state index is 4.30. The van der Waals surface area contributed by atoms with Gasteiger partial charge in [-0.25, -0.2) is 0 Å². The van der Waals surface area contributed by atoms with Crippen LogP contribution in [0, 0.1) is 6.92 Å². The van der Waals surface area contributed by atoms with Gasteiger partial charge in [0.15, 0.2) is 0 Å². The quantitative estimate of drug-likeness (QED) is 0.890. The number of likely N-dealkylation sites (N-methyl/N-ethyl adjacent to an activating group) is 1. The van der Waals surface area contributed by atoms with Gasteiger partial charge < -0.3 is 10.2 Å². The molecule has 1 heterocycles. The summed E-state index contributed by atoms with van der Waals surface area (Å²) in [5.74, 6) is 0.726. The lowest BCUT2D eigenvalue weighted by atomic mass is 9.75. The summed E-state index contributed by atoms with van der Waals surface area (Å²) in [6.07, 6.45) is 6.58. The highest BCUT2D eigenvalue weighted by Gasteiger charge is 2.30. The van der Waals surface area contributed by atoms with E-state index in [2.05, 4.69) is 66.8 Å². The molecule has 1 saturated carbocycles. The maximum Gasteiger partial charge on any atom is 0.0538 e. The monoisotopic (exact) mass is 312 g/mol. The van der Waals surface area contributed by atoms with E-state index < -0.39 is 0 Å². The van der Waals surface area contributed by atoms with Gasteiger partial charge >= 0.3 is 0 Å². The molecule has 0 amide bonds. The summed E-state index contributed by atoms with van der Waals surface area (Å²) in [4.78, 5) is 2.26. The standard InChI is InChI=1S/C19H28N4/c1-14-6-5-7-15(8-14)16-9-18(10-16)20-12-19(22(2)3)17-11-21-23(4)13-17/h5-8,11,13,16,18-20H,9-10,12H2,1-4H3/t16?,18?,19-/m1/s1. The Kier molecular flexibility index (Phi) is 4.83. The molecule has 0 radical (unpaired) electrons. The molecule has 4 heteroatoms. The van der Waals surface area contributed by atoms with Gasteiger partial charge in [0.05, 0.1) is 6.20 Å². The Morgan fingerprint density at radius 3 is 2.74 bits per heavy atom. The molecule has 0 unspecified atom stereocenters. The molecule has 124 valence electrons. The van der Waals surface area contributed by atoms with Gasteiger partial charge in [-0.3, -0.25) is 4.68 Å². The average molecular weight is 312 g/mol. The Morgan fingerprint density at radius 2 is 2.13 bits per heavy atom. The predicted octanol–water partition coefficient (Wildman–Crippen LogP) is 2.87. The fraction of sp³-hybridized carbons (Fsp3) is 0.526. The Labute approximate surface area is 139 Å². The number of nitrogens with zero attached hydrogens (tertiary/aromatic N) is 3. The Hall–Kier alpha value is -1.65. The van der Waals surface area contributed by atoms with Crippen LogP contribution in [0.25, 0.3) is 0 Å². The van der Waals surface area contributed by atoms with E-state index >= 15 is 0 Å². The van der Waals surface area contributed by atoms with Gasteiger partial charge in [-0.05, 0) is 45.3 Å². The van der Waals surface area contributed by atoms with Crippen LogP contribution >= 0.6 is 0 Å². The molecule has 2 aromatic rings. The van der Waals surface area contributed by atoms with Crippen molar-refractivity contribution in [1.29, 1.82) is 0 Å². The molecular weight excluding hydrogens is 284 g/mol. The van der Waals surface area contributed by atoms with Crippen molar-refractivity contribution >= 4 is 0 Å². The van der Waals surface area contributed by atoms with Crippen LogP contribution < -0.4 is 5.32 Å². The lowest BCUT2D eigenvalue weighted by Gasteiger charge is -2.38. The Balaban J connectivity index is 1.51. The van der Waals surface area contributed by atoms with Gasteiger partial charge in [0.1, 0.15) is 0 Å². The van der Waals surface area contributed by atoms with E-state index in [-0.39, 0.29) is 0 Å². The van der Waals surface area contributed by atoms with Crippen molar-refractivity contribution in [3.05, 3.63) is 53.3 Å². The lowest BCUT2D eigenvalue weighted by molar-refractivity contribution is 0.237. The molecule has 1 fully saturated rings. The Morgan fingerprint density at radius 1 is 1.35 bits per heavy atom. The average Bonchev–Trinajstić information content (AvgIpc) is 2.87. The molecule has 1 aromatic heterocycles. The topological polar surface area (TPSA) is 33.1 Å². The lowest BCUT2D eigenvalue weighted by Crippen LogP contribution is -2.43. The van der Waals surface area contributed by atoms with Crippen molar-refractivity contribution in [2.45, 2.75) is 37.8 Å². The molecule has 3 rings (SSSR count). The number of aryl methyl sites for hydroxylation is 2. The van der Waals surface area contributed by atoms with Crippen molar-refractivity contribution in [2.24, 2.45) is 7.05 Å². The van der Waals surface area contributed by atoms with Gasteiger partial charge in [-0.2, -0.15) is 5.10 Å². The molecular formula is C19H28N4. The summed E-state index contributed by atoms with van der Waals surface area (Å²) in [7, 11) is 6.24. The third-order valence-electron chi connectivity index (χ3n) is 4.98. The first-order chi connectivity index (χ1) is 11.0. The van der Waals surface area contributed by atoms with Crippen LogP contribution in [0.3, 0.4) is 0 Å². The number of nitrogens with one attached hydrogen (secondary N) is 1. The second-order valence-electron chi connectivity index (χ2n) is 7.11. The molecule has 23 heavy (non-hydrogen) atoms. The zero-order chi connectivity index (χ0) is 16.4. The highest BCUT2D eigenvalue weighted by molar-refractivity contribution is 5.27. The number of hydrogen-bond donors (Lipinski definition) is 1. The fourth-order valence-electron chi connectivity index (χ4n) is 3.47. The number of aromatic nitrogens is 2. The summed E-state index contributed by atoms with van der Waals surface area (Å²) in [6.45, 7) is 3.15. The minimum Gasteiger partial charge on any atom is -0.312 e. The molecule has 1 aromatic carbocycles. The molecule has 4 nitrogen and oxygen atoms in total. The maximum absolute atomic E-state index is 4.30. The number of hydrogen-bond acceptors (Lipinski definition) is 3. The summed E-state index contributed by atoms with van der Waals surface area (Å²) in [5, 5.41) is 8.05. The van der Waals surface area contributed by atoms with E-state index in [0.29, 0.717) is 12.1 Å². The Bertz CT molecular complexity index is 640. The summed E-state index contributed by atoms with van der Waals surface area (Å²) < 4.78 is 1.88. The van der Waals surface area contributed by atoms with Crippen LogP contribution in [0.5, 0.6) is 0 Å². The van der Waals surface area contributed by atoms with Crippen molar-refractivity contribution in [3.8, 4) is 0 Å². The van der Waals surface area contributed by atoms with E-state index in [9.17, 15) is 0 Å². The first-order valence-corrected chi connectivity index (χ1v) is 8.48. The summed E-state index contributed by atoms with van der Waals surface area (Å²) in [5.41, 5.74) is 4.14. The van der Waals surface area contributed by atoms with Crippen LogP contribution in [0.15, 0.2) is 36.7 Å². The second kappa shape index (κ2) is 6.85. The molecule has 1 aliphatic rings. The third-order valence-corrected chi connectivity index (χ3v) is 4.98. The molecule has 1 N–H and O–H groups in total. The van der Waals surface area contributed by atoms with Crippen LogP contribution in [0.2, 0.25) is 0 Å². The predicted molar refractivity (Wildman–Crippen MR) is 94.6 cm³/mol. The van der Waals surface area contributed by atoms with E-state index in [1.165, 1.54) is 29.5 Å². The first kappa shape index (κ1) is 16.2. The van der Waals surface area contributed by atoms with Crippen LogP contribution in [0.4, 0.5) is 0 Å². The third kappa shape index (κ3) is 3.82. The zero-order valence-electron chi connectivity index (χ0n) is 14.7. The highest BCUT2D eigenvalue weighted by Crippen LogP contribution is 2.37. The van der Waals surface area contributed by atoms with Gasteiger partial charge in [0, 0.05) is 37.4 Å². The second-order valence-corrected chi connectivity index (χ2v) is 7.11. The van der Waals surface area contributed by atoms with Crippen molar-refractivity contribution in [1.82, 2.24) is 20.0 Å². The molecule has 1 atom stereocenters. The summed E-state index contributed by atoms with van der Waals surface area (Å²) in [6, 6.07) is 9.97.